The van der Waals surface area contributed by atoms with Crippen LogP contribution in [0.25, 0.3) is 10.1 Å². The van der Waals surface area contributed by atoms with Crippen molar-refractivity contribution >= 4 is 37.4 Å². The van der Waals surface area contributed by atoms with E-state index in [9.17, 15) is 13.2 Å². The van der Waals surface area contributed by atoms with E-state index in [4.69, 9.17) is 5.11 Å². The third kappa shape index (κ3) is 2.64. The predicted molar refractivity (Wildman–Crippen MR) is 85.5 cm³/mol. The van der Waals surface area contributed by atoms with Crippen molar-refractivity contribution < 1.29 is 18.3 Å². The summed E-state index contributed by atoms with van der Waals surface area (Å²) in [6.07, 6.45) is 0.725. The van der Waals surface area contributed by atoms with Gasteiger partial charge >= 0.3 is 5.97 Å². The van der Waals surface area contributed by atoms with Crippen molar-refractivity contribution in [2.75, 3.05) is 6.54 Å². The first kappa shape index (κ1) is 15.5. The molecular weight excluding hydrogens is 322 g/mol. The Hall–Kier alpha value is -1.44. The molecule has 0 spiro atoms. The molecule has 0 unspecified atom stereocenters. The zero-order valence-electron chi connectivity index (χ0n) is 12.1. The molecule has 3 rings (SSSR count). The number of hydrogen-bond acceptors (Lipinski definition) is 4. The minimum Gasteiger partial charge on any atom is -0.481 e. The molecule has 5 nitrogen and oxygen atoms in total. The van der Waals surface area contributed by atoms with Crippen LogP contribution in [0.15, 0.2) is 34.5 Å². The lowest BCUT2D eigenvalue weighted by Gasteiger charge is -2.34. The van der Waals surface area contributed by atoms with Crippen molar-refractivity contribution in [3.05, 3.63) is 30.3 Å². The summed E-state index contributed by atoms with van der Waals surface area (Å²) in [5.41, 5.74) is 0. The number of fused-ring (bicyclic) bond motifs is 1. The second kappa shape index (κ2) is 5.64. The van der Waals surface area contributed by atoms with Crippen LogP contribution in [0, 0.1) is 5.92 Å². The Kier molecular flexibility index (Phi) is 3.96. The Morgan fingerprint density at radius 1 is 1.36 bits per heavy atom. The first-order valence-electron chi connectivity index (χ1n) is 7.13. The molecule has 1 saturated heterocycles. The predicted octanol–water partition coefficient (Wildman–Crippen LogP) is 2.78. The van der Waals surface area contributed by atoms with Gasteiger partial charge in [-0.05, 0) is 37.3 Å². The van der Waals surface area contributed by atoms with Gasteiger partial charge in [0.05, 0.1) is 5.92 Å². The van der Waals surface area contributed by atoms with E-state index in [2.05, 4.69) is 0 Å². The molecule has 0 bridgehead atoms. The Labute approximate surface area is 133 Å². The van der Waals surface area contributed by atoms with Crippen LogP contribution in [0.1, 0.15) is 19.8 Å². The molecule has 0 aliphatic carbocycles. The third-order valence-electron chi connectivity index (χ3n) is 4.13. The Balaban J connectivity index is 1.91. The maximum Gasteiger partial charge on any atom is 0.306 e. The molecule has 0 saturated carbocycles. The number of thiophene rings is 1. The zero-order chi connectivity index (χ0) is 15.9. The van der Waals surface area contributed by atoms with Gasteiger partial charge in [-0.15, -0.1) is 11.3 Å². The zero-order valence-corrected chi connectivity index (χ0v) is 13.7. The topological polar surface area (TPSA) is 74.7 Å². The second-order valence-corrected chi connectivity index (χ2v) is 8.83. The minimum absolute atomic E-state index is 0.259. The standard InChI is InChI=1S/C15H17NO4S2/c1-10-8-12(15(17)18)6-7-16(10)22(19,20)14-9-11-4-2-3-5-13(11)21-14/h2-5,9-10,12H,6-8H2,1H3,(H,17,18)/t10-,12-/m1/s1. The number of hydrogen-bond donors (Lipinski definition) is 1. The molecule has 2 atom stereocenters. The summed E-state index contributed by atoms with van der Waals surface area (Å²) in [5.74, 6) is -1.30. The number of nitrogens with zero attached hydrogens (tertiary/aromatic N) is 1. The van der Waals surface area contributed by atoms with Crippen LogP contribution in [0.4, 0.5) is 0 Å². The molecule has 1 aliphatic heterocycles. The van der Waals surface area contributed by atoms with Gasteiger partial charge in [0.25, 0.3) is 10.0 Å². The van der Waals surface area contributed by atoms with Gasteiger partial charge in [0.1, 0.15) is 4.21 Å². The molecule has 0 radical (unpaired) electrons. The molecule has 118 valence electrons. The van der Waals surface area contributed by atoms with E-state index < -0.39 is 21.9 Å². The molecule has 1 aromatic heterocycles. The molecular formula is C15H17NO4S2. The van der Waals surface area contributed by atoms with Gasteiger partial charge in [0.2, 0.25) is 0 Å². The number of aliphatic carboxylic acids is 1. The van der Waals surface area contributed by atoms with Gasteiger partial charge in [-0.25, -0.2) is 8.42 Å². The van der Waals surface area contributed by atoms with Gasteiger partial charge in [-0.2, -0.15) is 4.31 Å². The van der Waals surface area contributed by atoms with Crippen LogP contribution in [-0.4, -0.2) is 36.4 Å². The molecule has 22 heavy (non-hydrogen) atoms. The summed E-state index contributed by atoms with van der Waals surface area (Å²) in [6.45, 7) is 2.04. The highest BCUT2D eigenvalue weighted by Gasteiger charge is 2.37. The largest absolute Gasteiger partial charge is 0.481 e. The van der Waals surface area contributed by atoms with Crippen molar-refractivity contribution in [1.29, 1.82) is 0 Å². The fourth-order valence-corrected chi connectivity index (χ4v) is 6.12. The smallest absolute Gasteiger partial charge is 0.306 e. The Morgan fingerprint density at radius 2 is 2.09 bits per heavy atom. The van der Waals surface area contributed by atoms with Gasteiger partial charge < -0.3 is 5.11 Å². The highest BCUT2D eigenvalue weighted by molar-refractivity contribution is 7.91. The van der Waals surface area contributed by atoms with Gasteiger partial charge in [-0.1, -0.05) is 18.2 Å². The number of sulfonamides is 1. The number of rotatable bonds is 3. The van der Waals surface area contributed by atoms with E-state index in [1.807, 2.05) is 24.3 Å². The average molecular weight is 339 g/mol. The molecule has 1 fully saturated rings. The quantitative estimate of drug-likeness (QED) is 0.933. The van der Waals surface area contributed by atoms with Crippen molar-refractivity contribution in [1.82, 2.24) is 4.31 Å². The summed E-state index contributed by atoms with van der Waals surface area (Å²) < 4.78 is 28.4. The van der Waals surface area contributed by atoms with Crippen LogP contribution in [0.3, 0.4) is 0 Å². The summed E-state index contributed by atoms with van der Waals surface area (Å²) in [6, 6.07) is 8.96. The van der Waals surface area contributed by atoms with Crippen molar-refractivity contribution in [2.45, 2.75) is 30.0 Å². The van der Waals surface area contributed by atoms with Crippen LogP contribution in [-0.2, 0) is 14.8 Å². The van der Waals surface area contributed by atoms with Gasteiger partial charge in [0.15, 0.2) is 0 Å². The number of carboxylic acid groups (broad SMARTS) is 1. The van der Waals surface area contributed by atoms with Gasteiger partial charge in [-0.3, -0.25) is 4.79 Å². The highest BCUT2D eigenvalue weighted by atomic mass is 32.2. The Bertz CT molecular complexity index is 779. The monoisotopic (exact) mass is 339 g/mol. The molecule has 7 heteroatoms. The third-order valence-corrected chi connectivity index (χ3v) is 7.71. The molecule has 1 N–H and O–H groups in total. The van der Waals surface area contributed by atoms with Crippen LogP contribution in [0.5, 0.6) is 0 Å². The van der Waals surface area contributed by atoms with E-state index >= 15 is 0 Å². The summed E-state index contributed by atoms with van der Waals surface area (Å²) in [7, 11) is -3.56. The lowest BCUT2D eigenvalue weighted by molar-refractivity contribution is -0.143. The number of piperidine rings is 1. The fourth-order valence-electron chi connectivity index (χ4n) is 2.93. The van der Waals surface area contributed by atoms with Crippen LogP contribution in [0.2, 0.25) is 0 Å². The van der Waals surface area contributed by atoms with E-state index in [-0.39, 0.29) is 12.6 Å². The van der Waals surface area contributed by atoms with Crippen molar-refractivity contribution in [2.24, 2.45) is 5.92 Å². The van der Waals surface area contributed by atoms with E-state index in [0.29, 0.717) is 17.1 Å². The van der Waals surface area contributed by atoms with E-state index in [0.717, 1.165) is 10.1 Å². The summed E-state index contributed by atoms with van der Waals surface area (Å²) in [4.78, 5) is 11.1. The first-order chi connectivity index (χ1) is 10.4. The average Bonchev–Trinajstić information content (AvgIpc) is 2.91. The van der Waals surface area contributed by atoms with Crippen LogP contribution < -0.4 is 0 Å². The van der Waals surface area contributed by atoms with Crippen molar-refractivity contribution in [3.8, 4) is 0 Å². The highest BCUT2D eigenvalue weighted by Crippen LogP contribution is 2.34. The lowest BCUT2D eigenvalue weighted by Crippen LogP contribution is -2.45. The molecule has 0 amide bonds. The molecule has 2 heterocycles. The maximum absolute atomic E-state index is 12.8. The Morgan fingerprint density at radius 3 is 2.73 bits per heavy atom. The first-order valence-corrected chi connectivity index (χ1v) is 9.38. The van der Waals surface area contributed by atoms with E-state index in [1.54, 1.807) is 13.0 Å². The number of carboxylic acids is 1. The number of carbonyl (C=O) groups is 1. The lowest BCUT2D eigenvalue weighted by atomic mass is 9.93. The summed E-state index contributed by atoms with van der Waals surface area (Å²) >= 11 is 1.26. The van der Waals surface area contributed by atoms with Crippen molar-refractivity contribution in [3.63, 3.8) is 0 Å². The fraction of sp³-hybridized carbons (Fsp3) is 0.400. The molecule has 2 aromatic rings. The number of benzene rings is 1. The van der Waals surface area contributed by atoms with Gasteiger partial charge in [0, 0.05) is 17.3 Å². The minimum atomic E-state index is -3.56. The molecule has 1 aromatic carbocycles. The summed E-state index contributed by atoms with van der Waals surface area (Å²) in [5, 5.41) is 10.0. The van der Waals surface area contributed by atoms with E-state index in [1.165, 1.54) is 15.6 Å². The SMILES string of the molecule is C[C@@H]1C[C@H](C(=O)O)CCN1S(=O)(=O)c1cc2ccccc2s1. The maximum atomic E-state index is 12.8. The molecule has 1 aliphatic rings. The second-order valence-electron chi connectivity index (χ2n) is 5.63. The normalized spacial score (nSPS) is 23.7. The van der Waals surface area contributed by atoms with Crippen LogP contribution >= 0.6 is 11.3 Å².